The van der Waals surface area contributed by atoms with Gasteiger partial charge >= 0.3 is 0 Å². The molecule has 15 heavy (non-hydrogen) atoms. The molecule has 0 aromatic heterocycles. The molecule has 1 fully saturated rings. The third-order valence-corrected chi connectivity index (χ3v) is 2.68. The average Bonchev–Trinajstić information content (AvgIpc) is 2.16. The van der Waals surface area contributed by atoms with E-state index in [0.717, 1.165) is 24.7 Å². The van der Waals surface area contributed by atoms with Crippen LogP contribution in [0.5, 0.6) is 0 Å². The van der Waals surface area contributed by atoms with Gasteiger partial charge in [0.25, 0.3) is 0 Å². The third-order valence-electron chi connectivity index (χ3n) is 2.68. The second-order valence-electron chi connectivity index (χ2n) is 3.99. The SMILES string of the molecule is OCC1CN(Cc2ccc(F)c(F)c2)C1. The Kier molecular flexibility index (Phi) is 2.98. The fourth-order valence-corrected chi connectivity index (χ4v) is 1.82. The van der Waals surface area contributed by atoms with Crippen LogP contribution in [0, 0.1) is 17.6 Å². The molecular weight excluding hydrogens is 200 g/mol. The Morgan fingerprint density at radius 3 is 2.60 bits per heavy atom. The van der Waals surface area contributed by atoms with Crippen LogP contribution >= 0.6 is 0 Å². The van der Waals surface area contributed by atoms with Gasteiger partial charge in [0.15, 0.2) is 11.6 Å². The van der Waals surface area contributed by atoms with Gasteiger partial charge in [-0.15, -0.1) is 0 Å². The molecule has 0 aliphatic carbocycles. The lowest BCUT2D eigenvalue weighted by atomic mass is 10.0. The Morgan fingerprint density at radius 1 is 1.27 bits per heavy atom. The van der Waals surface area contributed by atoms with Crippen molar-refractivity contribution in [2.75, 3.05) is 19.7 Å². The van der Waals surface area contributed by atoms with E-state index in [1.165, 1.54) is 6.07 Å². The maximum absolute atomic E-state index is 12.9. The predicted octanol–water partition coefficient (Wildman–Crippen LogP) is 1.39. The number of rotatable bonds is 3. The van der Waals surface area contributed by atoms with E-state index in [2.05, 4.69) is 4.90 Å². The number of likely N-dealkylation sites (tertiary alicyclic amines) is 1. The quantitative estimate of drug-likeness (QED) is 0.820. The topological polar surface area (TPSA) is 23.5 Å². The fourth-order valence-electron chi connectivity index (χ4n) is 1.82. The largest absolute Gasteiger partial charge is 0.396 e. The van der Waals surface area contributed by atoms with Crippen molar-refractivity contribution >= 4 is 0 Å². The van der Waals surface area contributed by atoms with Crippen LogP contribution in [0.25, 0.3) is 0 Å². The highest BCUT2D eigenvalue weighted by Crippen LogP contribution is 2.18. The Balaban J connectivity index is 1.92. The van der Waals surface area contributed by atoms with E-state index in [0.29, 0.717) is 12.5 Å². The summed E-state index contributed by atoms with van der Waals surface area (Å²) >= 11 is 0. The molecule has 1 aromatic rings. The summed E-state index contributed by atoms with van der Waals surface area (Å²) in [6.45, 7) is 2.48. The number of hydrogen-bond donors (Lipinski definition) is 1. The lowest BCUT2D eigenvalue weighted by Gasteiger charge is -2.38. The summed E-state index contributed by atoms with van der Waals surface area (Å²) in [4.78, 5) is 2.09. The van der Waals surface area contributed by atoms with Crippen molar-refractivity contribution in [3.63, 3.8) is 0 Å². The van der Waals surface area contributed by atoms with Gasteiger partial charge in [-0.25, -0.2) is 8.78 Å². The first-order valence-corrected chi connectivity index (χ1v) is 4.96. The van der Waals surface area contributed by atoms with Gasteiger partial charge in [-0.05, 0) is 17.7 Å². The van der Waals surface area contributed by atoms with Crippen molar-refractivity contribution in [1.29, 1.82) is 0 Å². The number of aliphatic hydroxyl groups is 1. The van der Waals surface area contributed by atoms with Crippen LogP contribution in [0.3, 0.4) is 0 Å². The zero-order chi connectivity index (χ0) is 10.8. The van der Waals surface area contributed by atoms with Crippen LogP contribution in [0.2, 0.25) is 0 Å². The molecule has 0 saturated carbocycles. The van der Waals surface area contributed by atoms with Crippen molar-refractivity contribution in [2.24, 2.45) is 5.92 Å². The minimum absolute atomic E-state index is 0.203. The number of hydrogen-bond acceptors (Lipinski definition) is 2. The number of nitrogens with zero attached hydrogens (tertiary/aromatic N) is 1. The summed E-state index contributed by atoms with van der Waals surface area (Å²) in [5, 5.41) is 8.81. The highest BCUT2D eigenvalue weighted by atomic mass is 19.2. The number of benzene rings is 1. The zero-order valence-electron chi connectivity index (χ0n) is 8.29. The Hall–Kier alpha value is -1.00. The summed E-state index contributed by atoms with van der Waals surface area (Å²) < 4.78 is 25.5. The van der Waals surface area contributed by atoms with Crippen LogP contribution in [0.4, 0.5) is 8.78 Å². The first kappa shape index (κ1) is 10.5. The Bertz CT molecular complexity index is 350. The average molecular weight is 213 g/mol. The van der Waals surface area contributed by atoms with Gasteiger partial charge in [0.2, 0.25) is 0 Å². The van der Waals surface area contributed by atoms with Crippen molar-refractivity contribution in [2.45, 2.75) is 6.54 Å². The summed E-state index contributed by atoms with van der Waals surface area (Å²) in [6, 6.07) is 3.96. The molecule has 1 aliphatic heterocycles. The van der Waals surface area contributed by atoms with E-state index in [1.807, 2.05) is 0 Å². The monoisotopic (exact) mass is 213 g/mol. The molecule has 0 amide bonds. The van der Waals surface area contributed by atoms with Crippen LogP contribution in [-0.4, -0.2) is 29.7 Å². The second-order valence-corrected chi connectivity index (χ2v) is 3.99. The van der Waals surface area contributed by atoms with Crippen LogP contribution in [0.15, 0.2) is 18.2 Å². The van der Waals surface area contributed by atoms with Gasteiger partial charge in [-0.2, -0.15) is 0 Å². The van der Waals surface area contributed by atoms with Crippen LogP contribution in [-0.2, 0) is 6.54 Å². The van der Waals surface area contributed by atoms with Gasteiger partial charge in [0.1, 0.15) is 0 Å². The predicted molar refractivity (Wildman–Crippen MR) is 52.2 cm³/mol. The maximum Gasteiger partial charge on any atom is 0.159 e. The molecule has 1 saturated heterocycles. The third kappa shape index (κ3) is 2.33. The summed E-state index contributed by atoms with van der Waals surface area (Å²) in [6.07, 6.45) is 0. The standard InChI is InChI=1S/C11H13F2NO/c12-10-2-1-8(3-11(10)13)4-14-5-9(6-14)7-15/h1-3,9,15H,4-7H2. The first-order valence-electron chi connectivity index (χ1n) is 4.96. The van der Waals surface area contributed by atoms with Crippen LogP contribution in [0.1, 0.15) is 5.56 Å². The molecule has 0 radical (unpaired) electrons. The maximum atomic E-state index is 12.9. The van der Waals surface area contributed by atoms with Gasteiger partial charge in [-0.3, -0.25) is 4.90 Å². The minimum atomic E-state index is -0.810. The fraction of sp³-hybridized carbons (Fsp3) is 0.455. The summed E-state index contributed by atoms with van der Waals surface area (Å²) in [7, 11) is 0. The zero-order valence-corrected chi connectivity index (χ0v) is 8.29. The normalized spacial score (nSPS) is 17.8. The van der Waals surface area contributed by atoms with Crippen molar-refractivity contribution in [3.8, 4) is 0 Å². The first-order chi connectivity index (χ1) is 7.19. The van der Waals surface area contributed by atoms with Gasteiger partial charge in [0, 0.05) is 32.2 Å². The molecule has 2 nitrogen and oxygen atoms in total. The molecule has 82 valence electrons. The lowest BCUT2D eigenvalue weighted by molar-refractivity contribution is 0.0478. The van der Waals surface area contributed by atoms with Crippen molar-refractivity contribution < 1.29 is 13.9 Å². The van der Waals surface area contributed by atoms with E-state index >= 15 is 0 Å². The van der Waals surface area contributed by atoms with Gasteiger partial charge in [-0.1, -0.05) is 6.07 Å². The Morgan fingerprint density at radius 2 is 2.00 bits per heavy atom. The summed E-state index contributed by atoms with van der Waals surface area (Å²) in [5.74, 6) is -1.27. The van der Waals surface area contributed by atoms with E-state index in [4.69, 9.17) is 5.11 Å². The number of halogens is 2. The highest BCUT2D eigenvalue weighted by molar-refractivity contribution is 5.18. The minimum Gasteiger partial charge on any atom is -0.396 e. The Labute approximate surface area is 87.1 Å². The molecule has 1 heterocycles. The van der Waals surface area contributed by atoms with E-state index in [1.54, 1.807) is 6.07 Å². The van der Waals surface area contributed by atoms with Gasteiger partial charge < -0.3 is 5.11 Å². The summed E-state index contributed by atoms with van der Waals surface area (Å²) in [5.41, 5.74) is 0.769. The molecular formula is C11H13F2NO. The molecule has 4 heteroatoms. The van der Waals surface area contributed by atoms with Gasteiger partial charge in [0.05, 0.1) is 0 Å². The van der Waals surface area contributed by atoms with Crippen LogP contribution < -0.4 is 0 Å². The second kappa shape index (κ2) is 4.24. The van der Waals surface area contributed by atoms with E-state index in [9.17, 15) is 8.78 Å². The molecule has 2 rings (SSSR count). The molecule has 0 spiro atoms. The molecule has 1 N–H and O–H groups in total. The van der Waals surface area contributed by atoms with Crippen molar-refractivity contribution in [1.82, 2.24) is 4.90 Å². The molecule has 1 aromatic carbocycles. The van der Waals surface area contributed by atoms with Crippen molar-refractivity contribution in [3.05, 3.63) is 35.4 Å². The molecule has 0 unspecified atom stereocenters. The van der Waals surface area contributed by atoms with E-state index in [-0.39, 0.29) is 6.61 Å². The molecule has 0 atom stereocenters. The lowest BCUT2D eigenvalue weighted by Crippen LogP contribution is -2.47. The molecule has 0 bridgehead atoms. The van der Waals surface area contributed by atoms with E-state index < -0.39 is 11.6 Å². The smallest absolute Gasteiger partial charge is 0.159 e. The molecule has 1 aliphatic rings. The highest BCUT2D eigenvalue weighted by Gasteiger charge is 2.25. The number of aliphatic hydroxyl groups excluding tert-OH is 1.